The Labute approximate surface area is 159 Å². The van der Waals surface area contributed by atoms with E-state index in [1.54, 1.807) is 19.3 Å². The Morgan fingerprint density at radius 1 is 1.24 bits per heavy atom. The van der Waals surface area contributed by atoms with Crippen molar-refractivity contribution in [3.8, 4) is 0 Å². The zero-order valence-electron chi connectivity index (χ0n) is 13.8. The number of aryl methyl sites for hydroxylation is 1. The van der Waals surface area contributed by atoms with E-state index in [2.05, 4.69) is 25.9 Å². The van der Waals surface area contributed by atoms with Crippen LogP contribution in [0.3, 0.4) is 0 Å². The monoisotopic (exact) mass is 424 g/mol. The van der Waals surface area contributed by atoms with Crippen molar-refractivity contribution in [1.82, 2.24) is 14.7 Å². The van der Waals surface area contributed by atoms with E-state index in [9.17, 15) is 9.59 Å². The number of amides is 1. The molecule has 0 radical (unpaired) electrons. The quantitative estimate of drug-likeness (QED) is 0.755. The van der Waals surface area contributed by atoms with E-state index in [-0.39, 0.29) is 11.5 Å². The molecule has 1 aliphatic heterocycles. The standard InChI is InChI=1S/C17H18BrClN4O2/c1-21-17(25)16(18)14(11-20-21)22-6-8-23(9-7-22)15(24)10-12-4-2-3-5-13(12)19/h2-5,11H,6-10H2,1H3. The Balaban J connectivity index is 1.64. The van der Waals surface area contributed by atoms with Crippen molar-refractivity contribution >= 4 is 39.1 Å². The first-order valence-electron chi connectivity index (χ1n) is 7.95. The second-order valence-corrected chi connectivity index (χ2v) is 7.11. The van der Waals surface area contributed by atoms with E-state index in [0.29, 0.717) is 42.1 Å². The van der Waals surface area contributed by atoms with Crippen molar-refractivity contribution in [2.24, 2.45) is 7.05 Å². The highest BCUT2D eigenvalue weighted by atomic mass is 79.9. The van der Waals surface area contributed by atoms with Crippen LogP contribution in [0, 0.1) is 0 Å². The fourth-order valence-corrected chi connectivity index (χ4v) is 3.65. The smallest absolute Gasteiger partial charge is 0.282 e. The van der Waals surface area contributed by atoms with Crippen LogP contribution in [0.5, 0.6) is 0 Å². The van der Waals surface area contributed by atoms with Crippen LogP contribution in [-0.4, -0.2) is 46.8 Å². The van der Waals surface area contributed by atoms with Crippen LogP contribution in [0.25, 0.3) is 0 Å². The summed E-state index contributed by atoms with van der Waals surface area (Å²) in [6.45, 7) is 2.51. The number of benzene rings is 1. The van der Waals surface area contributed by atoms with E-state index in [4.69, 9.17) is 11.6 Å². The van der Waals surface area contributed by atoms with Gasteiger partial charge in [0.1, 0.15) is 4.47 Å². The summed E-state index contributed by atoms with van der Waals surface area (Å²) in [4.78, 5) is 28.4. The molecule has 0 unspecified atom stereocenters. The summed E-state index contributed by atoms with van der Waals surface area (Å²) in [6.07, 6.45) is 1.98. The second kappa shape index (κ2) is 7.58. The summed E-state index contributed by atoms with van der Waals surface area (Å²) in [6, 6.07) is 7.40. The van der Waals surface area contributed by atoms with Crippen molar-refractivity contribution in [3.63, 3.8) is 0 Å². The van der Waals surface area contributed by atoms with Crippen LogP contribution in [0.2, 0.25) is 5.02 Å². The maximum Gasteiger partial charge on any atom is 0.282 e. The fraction of sp³-hybridized carbons (Fsp3) is 0.353. The predicted molar refractivity (Wildman–Crippen MR) is 101 cm³/mol. The van der Waals surface area contributed by atoms with E-state index in [0.717, 1.165) is 11.3 Å². The first-order valence-corrected chi connectivity index (χ1v) is 9.12. The number of aromatic nitrogens is 2. The summed E-state index contributed by atoms with van der Waals surface area (Å²) in [5, 5.41) is 4.69. The van der Waals surface area contributed by atoms with Gasteiger partial charge in [-0.3, -0.25) is 9.59 Å². The maximum absolute atomic E-state index is 12.5. The van der Waals surface area contributed by atoms with E-state index in [1.807, 2.05) is 23.1 Å². The lowest BCUT2D eigenvalue weighted by Gasteiger charge is -2.36. The van der Waals surface area contributed by atoms with Gasteiger partial charge < -0.3 is 9.80 Å². The minimum Gasteiger partial charge on any atom is -0.366 e. The Kier molecular flexibility index (Phi) is 5.44. The Morgan fingerprint density at radius 2 is 1.92 bits per heavy atom. The van der Waals surface area contributed by atoms with Crippen LogP contribution < -0.4 is 10.5 Å². The van der Waals surface area contributed by atoms with E-state index >= 15 is 0 Å². The third kappa shape index (κ3) is 3.88. The van der Waals surface area contributed by atoms with Gasteiger partial charge in [-0.1, -0.05) is 29.8 Å². The molecule has 1 aromatic heterocycles. The molecule has 132 valence electrons. The SMILES string of the molecule is Cn1ncc(N2CCN(C(=O)Cc3ccccc3Cl)CC2)c(Br)c1=O. The lowest BCUT2D eigenvalue weighted by Crippen LogP contribution is -2.49. The zero-order valence-corrected chi connectivity index (χ0v) is 16.1. The normalized spacial score (nSPS) is 14.7. The lowest BCUT2D eigenvalue weighted by atomic mass is 10.1. The van der Waals surface area contributed by atoms with Gasteiger partial charge in [0.25, 0.3) is 5.56 Å². The molecule has 0 saturated carbocycles. The number of carbonyl (C=O) groups is 1. The molecule has 1 aromatic carbocycles. The molecular formula is C17H18BrClN4O2. The Morgan fingerprint density at radius 3 is 2.60 bits per heavy atom. The first-order chi connectivity index (χ1) is 12.0. The molecule has 1 aliphatic rings. The van der Waals surface area contributed by atoms with Crippen LogP contribution in [0.4, 0.5) is 5.69 Å². The van der Waals surface area contributed by atoms with Crippen LogP contribution >= 0.6 is 27.5 Å². The average Bonchev–Trinajstić information content (AvgIpc) is 2.62. The summed E-state index contributed by atoms with van der Waals surface area (Å²) in [5.41, 5.74) is 1.44. The van der Waals surface area contributed by atoms with Crippen molar-refractivity contribution in [2.75, 3.05) is 31.1 Å². The molecule has 0 bridgehead atoms. The minimum absolute atomic E-state index is 0.0638. The van der Waals surface area contributed by atoms with Gasteiger partial charge in [-0.05, 0) is 27.6 Å². The van der Waals surface area contributed by atoms with Crippen LogP contribution in [0.1, 0.15) is 5.56 Å². The molecule has 1 fully saturated rings. The number of hydrogen-bond acceptors (Lipinski definition) is 4. The van der Waals surface area contributed by atoms with Crippen molar-refractivity contribution in [2.45, 2.75) is 6.42 Å². The van der Waals surface area contributed by atoms with Crippen molar-refractivity contribution < 1.29 is 4.79 Å². The largest absolute Gasteiger partial charge is 0.366 e. The highest BCUT2D eigenvalue weighted by molar-refractivity contribution is 9.10. The van der Waals surface area contributed by atoms with Gasteiger partial charge in [0.2, 0.25) is 5.91 Å². The molecule has 3 rings (SSSR count). The minimum atomic E-state index is -0.172. The van der Waals surface area contributed by atoms with Gasteiger partial charge in [-0.15, -0.1) is 0 Å². The summed E-state index contributed by atoms with van der Waals surface area (Å²) < 4.78 is 1.79. The second-order valence-electron chi connectivity index (χ2n) is 5.91. The first kappa shape index (κ1) is 17.9. The molecule has 6 nitrogen and oxygen atoms in total. The molecule has 0 atom stereocenters. The maximum atomic E-state index is 12.5. The molecule has 8 heteroatoms. The molecular weight excluding hydrogens is 408 g/mol. The number of hydrogen-bond donors (Lipinski definition) is 0. The molecule has 1 amide bonds. The number of rotatable bonds is 3. The highest BCUT2D eigenvalue weighted by Crippen LogP contribution is 2.23. The average molecular weight is 426 g/mol. The van der Waals surface area contributed by atoms with Gasteiger partial charge in [-0.2, -0.15) is 5.10 Å². The Bertz CT molecular complexity index is 847. The molecule has 25 heavy (non-hydrogen) atoms. The number of halogens is 2. The molecule has 1 saturated heterocycles. The third-order valence-corrected chi connectivity index (χ3v) is 5.45. The van der Waals surface area contributed by atoms with Crippen molar-refractivity contribution in [3.05, 3.63) is 55.9 Å². The van der Waals surface area contributed by atoms with Gasteiger partial charge in [-0.25, -0.2) is 4.68 Å². The van der Waals surface area contributed by atoms with Crippen LogP contribution in [0.15, 0.2) is 39.7 Å². The highest BCUT2D eigenvalue weighted by Gasteiger charge is 2.24. The summed E-state index contributed by atoms with van der Waals surface area (Å²) in [7, 11) is 1.61. The molecule has 0 spiro atoms. The van der Waals surface area contributed by atoms with Gasteiger partial charge in [0.05, 0.1) is 18.3 Å². The number of piperazine rings is 1. The summed E-state index contributed by atoms with van der Waals surface area (Å²) in [5.74, 6) is 0.0638. The molecule has 0 N–H and O–H groups in total. The van der Waals surface area contributed by atoms with E-state index in [1.165, 1.54) is 4.68 Å². The topological polar surface area (TPSA) is 58.4 Å². The molecule has 0 aliphatic carbocycles. The van der Waals surface area contributed by atoms with Crippen LogP contribution in [-0.2, 0) is 18.3 Å². The van der Waals surface area contributed by atoms with Crippen molar-refractivity contribution in [1.29, 1.82) is 0 Å². The van der Waals surface area contributed by atoms with Gasteiger partial charge >= 0.3 is 0 Å². The third-order valence-electron chi connectivity index (χ3n) is 4.33. The number of carbonyl (C=O) groups excluding carboxylic acids is 1. The fourth-order valence-electron chi connectivity index (χ4n) is 2.84. The summed E-state index contributed by atoms with van der Waals surface area (Å²) >= 11 is 9.49. The zero-order chi connectivity index (χ0) is 18.0. The lowest BCUT2D eigenvalue weighted by molar-refractivity contribution is -0.130. The molecule has 2 aromatic rings. The Hall–Kier alpha value is -1.86. The number of nitrogens with zero attached hydrogens (tertiary/aromatic N) is 4. The predicted octanol–water partition coefficient (Wildman–Crippen LogP) is 2.09. The number of anilines is 1. The van der Waals surface area contributed by atoms with Gasteiger partial charge in [0.15, 0.2) is 0 Å². The van der Waals surface area contributed by atoms with E-state index < -0.39 is 0 Å². The van der Waals surface area contributed by atoms with Gasteiger partial charge in [0, 0.05) is 38.2 Å². The molecule has 2 heterocycles.